The van der Waals surface area contributed by atoms with Gasteiger partial charge in [-0.15, -0.1) is 0 Å². The van der Waals surface area contributed by atoms with E-state index in [-0.39, 0.29) is 12.2 Å². The highest BCUT2D eigenvalue weighted by atomic mass is 16.5. The standard InChI is InChI=1S/C14H11N3O4/c18-12(7-3-5-15-6-4-7)16-17-13(19)10-8-1-2-9(21-8)11(10)14(17)20/h1-6,8-11H,(H,16,18)/t8-,9-,10+,11+/m1/s1. The van der Waals surface area contributed by atoms with Gasteiger partial charge in [0.2, 0.25) is 0 Å². The lowest BCUT2D eigenvalue weighted by Gasteiger charge is -2.18. The maximum atomic E-state index is 12.3. The second-order valence-electron chi connectivity index (χ2n) is 5.19. The van der Waals surface area contributed by atoms with Crippen LogP contribution < -0.4 is 5.43 Å². The summed E-state index contributed by atoms with van der Waals surface area (Å²) in [5.41, 5.74) is 2.71. The van der Waals surface area contributed by atoms with Gasteiger partial charge in [0, 0.05) is 18.0 Å². The van der Waals surface area contributed by atoms with Crippen LogP contribution in [0.5, 0.6) is 0 Å². The van der Waals surface area contributed by atoms with Gasteiger partial charge in [-0.1, -0.05) is 12.2 Å². The van der Waals surface area contributed by atoms with Crippen LogP contribution in [-0.2, 0) is 14.3 Å². The maximum Gasteiger partial charge on any atom is 0.270 e. The van der Waals surface area contributed by atoms with E-state index in [1.807, 2.05) is 0 Å². The van der Waals surface area contributed by atoms with E-state index >= 15 is 0 Å². The summed E-state index contributed by atoms with van der Waals surface area (Å²) in [6.45, 7) is 0. The normalized spacial score (nSPS) is 32.7. The molecule has 21 heavy (non-hydrogen) atoms. The van der Waals surface area contributed by atoms with Crippen molar-refractivity contribution < 1.29 is 19.1 Å². The number of hydrogen-bond acceptors (Lipinski definition) is 5. The van der Waals surface area contributed by atoms with Gasteiger partial charge < -0.3 is 4.74 Å². The number of hydrogen-bond donors (Lipinski definition) is 1. The second kappa shape index (κ2) is 4.23. The summed E-state index contributed by atoms with van der Waals surface area (Å²) in [4.78, 5) is 40.5. The Kier molecular flexibility index (Phi) is 2.46. The van der Waals surface area contributed by atoms with Crippen molar-refractivity contribution in [2.24, 2.45) is 11.8 Å². The van der Waals surface area contributed by atoms with Gasteiger partial charge in [0.05, 0.1) is 24.0 Å². The van der Waals surface area contributed by atoms with Crippen molar-refractivity contribution in [2.75, 3.05) is 0 Å². The number of rotatable bonds is 2. The molecule has 0 aromatic carbocycles. The molecule has 7 nitrogen and oxygen atoms in total. The molecule has 0 saturated carbocycles. The molecule has 2 fully saturated rings. The number of hydrazine groups is 1. The number of nitrogens with zero attached hydrogens (tertiary/aromatic N) is 2. The first-order valence-corrected chi connectivity index (χ1v) is 6.59. The molecule has 4 rings (SSSR count). The number of imide groups is 1. The highest BCUT2D eigenvalue weighted by Crippen LogP contribution is 2.44. The van der Waals surface area contributed by atoms with Crippen LogP contribution in [-0.4, -0.2) is 39.9 Å². The molecule has 0 radical (unpaired) electrons. The number of carbonyl (C=O) groups excluding carboxylic acids is 3. The molecule has 3 amide bonds. The van der Waals surface area contributed by atoms with Gasteiger partial charge in [0.25, 0.3) is 17.7 Å². The molecule has 0 spiro atoms. The fourth-order valence-corrected chi connectivity index (χ4v) is 3.08. The summed E-state index contributed by atoms with van der Waals surface area (Å²) >= 11 is 0. The van der Waals surface area contributed by atoms with Gasteiger partial charge in [0.1, 0.15) is 0 Å². The maximum absolute atomic E-state index is 12.3. The average Bonchev–Trinajstić information content (AvgIpc) is 3.18. The molecule has 0 aliphatic carbocycles. The molecule has 1 N–H and O–H groups in total. The van der Waals surface area contributed by atoms with Crippen LogP contribution in [0.25, 0.3) is 0 Å². The SMILES string of the molecule is O=C(NN1C(=O)[C@@H]2[C@@H](C1=O)[C@H]1C=C[C@H]2O1)c1ccncc1. The Morgan fingerprint density at radius 1 is 1.10 bits per heavy atom. The first-order chi connectivity index (χ1) is 10.2. The molecule has 0 unspecified atom stereocenters. The fraction of sp³-hybridized carbons (Fsp3) is 0.286. The zero-order valence-corrected chi connectivity index (χ0v) is 10.8. The zero-order valence-electron chi connectivity index (χ0n) is 10.8. The van der Waals surface area contributed by atoms with Crippen LogP contribution in [0.1, 0.15) is 10.4 Å². The highest BCUT2D eigenvalue weighted by molar-refractivity contribution is 6.09. The molecular formula is C14H11N3O4. The van der Waals surface area contributed by atoms with E-state index in [9.17, 15) is 14.4 Å². The Bertz CT molecular complexity index is 642. The van der Waals surface area contributed by atoms with Crippen LogP contribution in [0.3, 0.4) is 0 Å². The van der Waals surface area contributed by atoms with Gasteiger partial charge in [-0.2, -0.15) is 5.01 Å². The molecule has 1 aromatic rings. The number of nitrogens with one attached hydrogen (secondary N) is 1. The number of aromatic nitrogens is 1. The van der Waals surface area contributed by atoms with Crippen molar-refractivity contribution in [3.8, 4) is 0 Å². The minimum Gasteiger partial charge on any atom is -0.365 e. The first kappa shape index (κ1) is 12.2. The predicted molar refractivity (Wildman–Crippen MR) is 68.3 cm³/mol. The predicted octanol–water partition coefficient (Wildman–Crippen LogP) is -0.335. The summed E-state index contributed by atoms with van der Waals surface area (Å²) in [7, 11) is 0. The third-order valence-corrected chi connectivity index (χ3v) is 4.07. The van der Waals surface area contributed by atoms with E-state index in [1.165, 1.54) is 24.5 Å². The van der Waals surface area contributed by atoms with Crippen molar-refractivity contribution in [3.63, 3.8) is 0 Å². The van der Waals surface area contributed by atoms with Crippen molar-refractivity contribution in [1.82, 2.24) is 15.4 Å². The third-order valence-electron chi connectivity index (χ3n) is 4.07. The van der Waals surface area contributed by atoms with Crippen molar-refractivity contribution in [1.29, 1.82) is 0 Å². The lowest BCUT2D eigenvalue weighted by atomic mass is 9.85. The summed E-state index contributed by atoms with van der Waals surface area (Å²) in [5, 5.41) is 0.827. The molecule has 7 heteroatoms. The Balaban J connectivity index is 1.56. The van der Waals surface area contributed by atoms with E-state index < -0.39 is 29.6 Å². The Hall–Kier alpha value is -2.54. The number of pyridine rings is 1. The number of fused-ring (bicyclic) bond motifs is 5. The molecular weight excluding hydrogens is 274 g/mol. The monoisotopic (exact) mass is 285 g/mol. The summed E-state index contributed by atoms with van der Waals surface area (Å²) in [6, 6.07) is 3.02. The number of carbonyl (C=O) groups is 3. The summed E-state index contributed by atoms with van der Waals surface area (Å²) < 4.78 is 5.52. The van der Waals surface area contributed by atoms with Crippen LogP contribution in [0.4, 0.5) is 0 Å². The van der Waals surface area contributed by atoms with Crippen LogP contribution in [0.2, 0.25) is 0 Å². The van der Waals surface area contributed by atoms with Gasteiger partial charge in [-0.3, -0.25) is 24.8 Å². The van der Waals surface area contributed by atoms with Gasteiger partial charge in [-0.25, -0.2) is 0 Å². The zero-order chi connectivity index (χ0) is 14.6. The fourth-order valence-electron chi connectivity index (χ4n) is 3.08. The molecule has 4 heterocycles. The molecule has 2 saturated heterocycles. The molecule has 1 aromatic heterocycles. The molecule has 106 valence electrons. The van der Waals surface area contributed by atoms with E-state index in [1.54, 1.807) is 12.2 Å². The van der Waals surface area contributed by atoms with E-state index in [2.05, 4.69) is 10.4 Å². The number of ether oxygens (including phenoxy) is 1. The minimum absolute atomic E-state index is 0.333. The Morgan fingerprint density at radius 3 is 2.24 bits per heavy atom. The quantitative estimate of drug-likeness (QED) is 0.593. The van der Waals surface area contributed by atoms with Crippen molar-refractivity contribution in [3.05, 3.63) is 42.2 Å². The van der Waals surface area contributed by atoms with E-state index in [0.29, 0.717) is 5.56 Å². The lowest BCUT2D eigenvalue weighted by Crippen LogP contribution is -2.47. The van der Waals surface area contributed by atoms with Crippen LogP contribution >= 0.6 is 0 Å². The van der Waals surface area contributed by atoms with Gasteiger partial charge >= 0.3 is 0 Å². The average molecular weight is 285 g/mol. The number of amides is 3. The molecule has 3 aliphatic heterocycles. The minimum atomic E-state index is -0.523. The Morgan fingerprint density at radius 2 is 1.67 bits per heavy atom. The summed E-state index contributed by atoms with van der Waals surface area (Å²) in [6.07, 6.45) is 5.81. The van der Waals surface area contributed by atoms with Crippen LogP contribution in [0.15, 0.2) is 36.7 Å². The third kappa shape index (κ3) is 1.64. The highest BCUT2D eigenvalue weighted by Gasteiger charge is 2.61. The van der Waals surface area contributed by atoms with Crippen molar-refractivity contribution in [2.45, 2.75) is 12.2 Å². The summed E-state index contributed by atoms with van der Waals surface area (Å²) in [5.74, 6) is -2.38. The molecule has 2 bridgehead atoms. The first-order valence-electron chi connectivity index (χ1n) is 6.59. The lowest BCUT2D eigenvalue weighted by molar-refractivity contribution is -0.145. The smallest absolute Gasteiger partial charge is 0.270 e. The molecule has 3 aliphatic rings. The van der Waals surface area contributed by atoms with E-state index in [0.717, 1.165) is 5.01 Å². The van der Waals surface area contributed by atoms with Crippen LogP contribution in [0, 0.1) is 11.8 Å². The van der Waals surface area contributed by atoms with Gasteiger partial charge in [0.15, 0.2) is 0 Å². The van der Waals surface area contributed by atoms with Gasteiger partial charge in [-0.05, 0) is 12.1 Å². The largest absolute Gasteiger partial charge is 0.365 e. The second-order valence-corrected chi connectivity index (χ2v) is 5.19. The topological polar surface area (TPSA) is 88.6 Å². The Labute approximate surface area is 119 Å². The van der Waals surface area contributed by atoms with Crippen molar-refractivity contribution >= 4 is 17.7 Å². The molecule has 4 atom stereocenters. The van der Waals surface area contributed by atoms with E-state index in [4.69, 9.17) is 4.74 Å².